The number of hydrogen-bond acceptors (Lipinski definition) is 4. The van der Waals surface area contributed by atoms with Crippen molar-refractivity contribution in [2.24, 2.45) is 0 Å². The van der Waals surface area contributed by atoms with Crippen molar-refractivity contribution in [3.05, 3.63) is 35.4 Å². The monoisotopic (exact) mass is 328 g/mol. The van der Waals surface area contributed by atoms with Crippen LogP contribution in [0, 0.1) is 5.41 Å². The molecule has 0 radical (unpaired) electrons. The van der Waals surface area contributed by atoms with Crippen LogP contribution in [0.4, 0.5) is 18.9 Å². The van der Waals surface area contributed by atoms with Gasteiger partial charge in [0.05, 0.1) is 11.2 Å². The van der Waals surface area contributed by atoms with Crippen LogP contribution in [-0.2, 0) is 15.8 Å². The lowest BCUT2D eigenvalue weighted by molar-refractivity contribution is -0.137. The molecule has 23 heavy (non-hydrogen) atoms. The molecule has 3 N–H and O–H groups in total. The first-order valence-electron chi connectivity index (χ1n) is 6.48. The van der Waals surface area contributed by atoms with Crippen molar-refractivity contribution < 1.29 is 27.9 Å². The molecule has 0 saturated carbocycles. The van der Waals surface area contributed by atoms with Gasteiger partial charge < -0.3 is 10.4 Å². The molecule has 8 heteroatoms. The first kappa shape index (κ1) is 18.6. The highest BCUT2D eigenvalue weighted by Gasteiger charge is 2.30. The number of carbonyl (C=O) groups excluding carboxylic acids is 2. The van der Waals surface area contributed by atoms with Gasteiger partial charge in [0, 0.05) is 12.1 Å². The minimum atomic E-state index is -4.49. The SMILES string of the molecule is CC(C)(O)CC(=O)C(=C=N)C(=O)Nc1ccc(C(F)(F)F)cc1. The third kappa shape index (κ3) is 5.69. The van der Waals surface area contributed by atoms with E-state index in [0.717, 1.165) is 24.3 Å². The summed E-state index contributed by atoms with van der Waals surface area (Å²) in [5.41, 5.74) is -2.83. The molecule has 1 rings (SSSR count). The fourth-order valence-electron chi connectivity index (χ4n) is 1.67. The molecule has 0 aliphatic carbocycles. The number of hydrogen-bond donors (Lipinski definition) is 3. The molecule has 124 valence electrons. The Morgan fingerprint density at radius 3 is 2.13 bits per heavy atom. The van der Waals surface area contributed by atoms with E-state index in [-0.39, 0.29) is 5.69 Å². The number of nitrogens with one attached hydrogen (secondary N) is 2. The normalized spacial score (nSPS) is 11.6. The Bertz CT molecular complexity index is 652. The Morgan fingerprint density at radius 2 is 1.74 bits per heavy atom. The Kier molecular flexibility index (Phi) is 5.47. The molecule has 0 bridgehead atoms. The van der Waals surface area contributed by atoms with E-state index < -0.39 is 41.0 Å². The maximum atomic E-state index is 12.4. The van der Waals surface area contributed by atoms with E-state index in [1.807, 2.05) is 0 Å². The topological polar surface area (TPSA) is 90.2 Å². The van der Waals surface area contributed by atoms with Crippen molar-refractivity contribution in [2.75, 3.05) is 5.32 Å². The van der Waals surface area contributed by atoms with Gasteiger partial charge >= 0.3 is 6.18 Å². The van der Waals surface area contributed by atoms with Gasteiger partial charge in [-0.3, -0.25) is 15.0 Å². The van der Waals surface area contributed by atoms with Crippen molar-refractivity contribution in [3.8, 4) is 0 Å². The minimum absolute atomic E-state index is 0.0341. The molecule has 0 aliphatic rings. The smallest absolute Gasteiger partial charge is 0.390 e. The minimum Gasteiger partial charge on any atom is -0.390 e. The molecule has 0 aromatic heterocycles. The van der Waals surface area contributed by atoms with Crippen molar-refractivity contribution in [1.29, 1.82) is 5.41 Å². The van der Waals surface area contributed by atoms with Gasteiger partial charge in [-0.15, -0.1) is 0 Å². The summed E-state index contributed by atoms with van der Waals surface area (Å²) in [4.78, 5) is 23.7. The second-order valence-corrected chi connectivity index (χ2v) is 5.44. The third-order valence-corrected chi connectivity index (χ3v) is 2.69. The number of amides is 1. The zero-order valence-electron chi connectivity index (χ0n) is 12.4. The summed E-state index contributed by atoms with van der Waals surface area (Å²) >= 11 is 0. The molecule has 0 spiro atoms. The summed E-state index contributed by atoms with van der Waals surface area (Å²) < 4.78 is 37.3. The fraction of sp³-hybridized carbons (Fsp3) is 0.333. The van der Waals surface area contributed by atoms with Gasteiger partial charge in [0.25, 0.3) is 5.91 Å². The standard InChI is InChI=1S/C15H15F3N2O3/c1-14(2,23)7-12(21)11(8-19)13(22)20-10-5-3-9(4-6-10)15(16,17)18/h3-6,19,23H,7H2,1-2H3,(H,20,22). The van der Waals surface area contributed by atoms with Crippen LogP contribution in [0.25, 0.3) is 0 Å². The first-order valence-corrected chi connectivity index (χ1v) is 6.48. The van der Waals surface area contributed by atoms with Gasteiger partial charge in [0.1, 0.15) is 5.57 Å². The lowest BCUT2D eigenvalue weighted by Gasteiger charge is -2.16. The van der Waals surface area contributed by atoms with E-state index in [4.69, 9.17) is 5.41 Å². The Morgan fingerprint density at radius 1 is 1.22 bits per heavy atom. The summed E-state index contributed by atoms with van der Waals surface area (Å²) in [6, 6.07) is 3.62. The largest absolute Gasteiger partial charge is 0.416 e. The molecule has 1 aromatic carbocycles. The molecular formula is C15H15F3N2O3. The highest BCUT2D eigenvalue weighted by atomic mass is 19.4. The van der Waals surface area contributed by atoms with Crippen LogP contribution < -0.4 is 5.32 Å². The maximum Gasteiger partial charge on any atom is 0.416 e. The number of ketones is 1. The number of Topliss-reactive ketones (excluding diaryl/α,β-unsaturated/α-hetero) is 1. The Balaban J connectivity index is 2.86. The lowest BCUT2D eigenvalue weighted by atomic mass is 9.98. The molecule has 5 nitrogen and oxygen atoms in total. The van der Waals surface area contributed by atoms with Gasteiger partial charge in [-0.25, -0.2) is 0 Å². The van der Waals surface area contributed by atoms with E-state index in [1.54, 1.807) is 5.87 Å². The van der Waals surface area contributed by atoms with E-state index in [2.05, 4.69) is 5.32 Å². The molecule has 1 amide bonds. The molecule has 0 fully saturated rings. The van der Waals surface area contributed by atoms with Gasteiger partial charge in [0.15, 0.2) is 5.78 Å². The number of halogens is 3. The second-order valence-electron chi connectivity index (χ2n) is 5.44. The third-order valence-electron chi connectivity index (χ3n) is 2.69. The van der Waals surface area contributed by atoms with Gasteiger partial charge in [-0.05, 0) is 44.0 Å². The molecule has 0 aliphatic heterocycles. The molecule has 0 atom stereocenters. The second kappa shape index (κ2) is 6.76. The number of rotatable bonds is 5. The summed E-state index contributed by atoms with van der Waals surface area (Å²) in [6.07, 6.45) is -4.89. The molecule has 1 aromatic rings. The predicted molar refractivity (Wildman–Crippen MR) is 77.2 cm³/mol. The van der Waals surface area contributed by atoms with Crippen LogP contribution in [0.5, 0.6) is 0 Å². The van der Waals surface area contributed by atoms with Crippen LogP contribution in [0.3, 0.4) is 0 Å². The van der Waals surface area contributed by atoms with E-state index in [0.29, 0.717) is 0 Å². The Labute approximate surface area is 130 Å². The first-order chi connectivity index (χ1) is 10.4. The number of anilines is 1. The summed E-state index contributed by atoms with van der Waals surface area (Å²) in [5.74, 6) is -0.0782. The molecule has 0 unspecified atom stereocenters. The van der Waals surface area contributed by atoms with Crippen LogP contribution in [0.15, 0.2) is 29.8 Å². The van der Waals surface area contributed by atoms with Crippen molar-refractivity contribution in [2.45, 2.75) is 32.0 Å². The van der Waals surface area contributed by atoms with E-state index in [1.165, 1.54) is 13.8 Å². The summed E-state index contributed by atoms with van der Waals surface area (Å²) in [5, 5.41) is 18.8. The quantitative estimate of drug-likeness (QED) is 0.336. The fourth-order valence-corrected chi connectivity index (χ4v) is 1.67. The lowest BCUT2D eigenvalue weighted by Crippen LogP contribution is -2.28. The van der Waals surface area contributed by atoms with Crippen LogP contribution >= 0.6 is 0 Å². The summed E-state index contributed by atoms with van der Waals surface area (Å²) in [6.45, 7) is 2.72. The van der Waals surface area contributed by atoms with Gasteiger partial charge in [0.2, 0.25) is 0 Å². The summed E-state index contributed by atoms with van der Waals surface area (Å²) in [7, 11) is 0. The van der Waals surface area contributed by atoms with Crippen molar-refractivity contribution in [1.82, 2.24) is 0 Å². The predicted octanol–water partition coefficient (Wildman–Crippen LogP) is 2.55. The molecule has 0 heterocycles. The van der Waals surface area contributed by atoms with Gasteiger partial charge in [-0.2, -0.15) is 13.2 Å². The highest BCUT2D eigenvalue weighted by Crippen LogP contribution is 2.29. The van der Waals surface area contributed by atoms with Gasteiger partial charge in [-0.1, -0.05) is 0 Å². The molecular weight excluding hydrogens is 313 g/mol. The maximum absolute atomic E-state index is 12.4. The molecule has 0 saturated heterocycles. The van der Waals surface area contributed by atoms with Crippen LogP contribution in [-0.4, -0.2) is 28.3 Å². The van der Waals surface area contributed by atoms with Crippen LogP contribution in [0.1, 0.15) is 25.8 Å². The Hall–Kier alpha value is -2.44. The zero-order valence-corrected chi connectivity index (χ0v) is 12.4. The average Bonchev–Trinajstić information content (AvgIpc) is 2.36. The number of carbonyl (C=O) groups is 2. The number of benzene rings is 1. The number of aliphatic hydroxyl groups is 1. The zero-order chi connectivity index (χ0) is 17.8. The van der Waals surface area contributed by atoms with E-state index in [9.17, 15) is 27.9 Å². The average molecular weight is 328 g/mol. The van der Waals surface area contributed by atoms with Crippen molar-refractivity contribution in [3.63, 3.8) is 0 Å². The van der Waals surface area contributed by atoms with Crippen molar-refractivity contribution >= 4 is 23.2 Å². The highest BCUT2D eigenvalue weighted by molar-refractivity contribution is 6.28. The van der Waals surface area contributed by atoms with E-state index >= 15 is 0 Å². The number of alkyl halides is 3. The van der Waals surface area contributed by atoms with Crippen LogP contribution in [0.2, 0.25) is 0 Å².